The Kier molecular flexibility index (Phi) is 5.12. The Morgan fingerprint density at radius 3 is 2.81 bits per heavy atom. The van der Waals surface area contributed by atoms with E-state index in [9.17, 15) is 9.59 Å². The van der Waals surface area contributed by atoms with Crippen LogP contribution in [0.2, 0.25) is 0 Å². The maximum atomic E-state index is 11.9. The second-order valence-electron chi connectivity index (χ2n) is 3.77. The number of aromatic nitrogens is 3. The highest BCUT2D eigenvalue weighted by Crippen LogP contribution is 2.34. The number of hydrogen-bond donors (Lipinski definition) is 2. The zero-order chi connectivity index (χ0) is 15.6. The highest BCUT2D eigenvalue weighted by molar-refractivity contribution is 9.11. The molecule has 0 saturated heterocycles. The van der Waals surface area contributed by atoms with Crippen LogP contribution in [0.4, 0.5) is 0 Å². The topological polar surface area (TPSA) is 97.2 Å². The Labute approximate surface area is 139 Å². The summed E-state index contributed by atoms with van der Waals surface area (Å²) >= 11 is 7.66. The quantitative estimate of drug-likeness (QED) is 0.695. The largest absolute Gasteiger partial charge is 0.495 e. The highest BCUT2D eigenvalue weighted by atomic mass is 79.9. The molecule has 0 bridgehead atoms. The number of rotatable bonds is 5. The Morgan fingerprint density at radius 1 is 1.48 bits per heavy atom. The third kappa shape index (κ3) is 3.50. The minimum atomic E-state index is -0.991. The standard InChI is InChI=1S/C11H9Br2N3O4S/c1-20-8-3-7(5(12)2-6(8)13)16-10(19)14-15-11(16)21-4-9(17)18/h2-3H,4H2,1H3,(H,14,19)(H,17,18). The number of benzene rings is 1. The number of carbonyl (C=O) groups is 1. The fourth-order valence-electron chi connectivity index (χ4n) is 1.56. The smallest absolute Gasteiger partial charge is 0.348 e. The predicted octanol–water partition coefficient (Wildman–Crippen LogP) is 2.27. The molecule has 0 saturated carbocycles. The van der Waals surface area contributed by atoms with Gasteiger partial charge in [0.25, 0.3) is 0 Å². The van der Waals surface area contributed by atoms with E-state index in [-0.39, 0.29) is 10.9 Å². The highest BCUT2D eigenvalue weighted by Gasteiger charge is 2.17. The van der Waals surface area contributed by atoms with E-state index in [0.717, 1.165) is 16.2 Å². The van der Waals surface area contributed by atoms with E-state index >= 15 is 0 Å². The van der Waals surface area contributed by atoms with Crippen LogP contribution in [0.3, 0.4) is 0 Å². The first-order chi connectivity index (χ1) is 9.93. The average molecular weight is 439 g/mol. The molecule has 10 heteroatoms. The normalized spacial score (nSPS) is 10.6. The summed E-state index contributed by atoms with van der Waals surface area (Å²) in [5, 5.41) is 15.1. The van der Waals surface area contributed by atoms with Crippen LogP contribution in [0, 0.1) is 0 Å². The number of halogens is 2. The molecule has 0 aliphatic carbocycles. The van der Waals surface area contributed by atoms with Crippen molar-refractivity contribution in [3.8, 4) is 11.4 Å². The predicted molar refractivity (Wildman–Crippen MR) is 84.5 cm³/mol. The first kappa shape index (κ1) is 16.1. The molecule has 1 aromatic heterocycles. The van der Waals surface area contributed by atoms with Crippen molar-refractivity contribution in [2.45, 2.75) is 5.16 Å². The summed E-state index contributed by atoms with van der Waals surface area (Å²) < 4.78 is 7.84. The third-order valence-corrected chi connectivity index (χ3v) is 4.61. The number of aromatic amines is 1. The second-order valence-corrected chi connectivity index (χ2v) is 6.42. The lowest BCUT2D eigenvalue weighted by molar-refractivity contribution is -0.133. The minimum absolute atomic E-state index is 0.199. The summed E-state index contributed by atoms with van der Waals surface area (Å²) in [5.74, 6) is -0.653. The van der Waals surface area contributed by atoms with Crippen LogP contribution in [0.15, 0.2) is 31.0 Å². The number of ether oxygens (including phenoxy) is 1. The van der Waals surface area contributed by atoms with Crippen LogP contribution in [-0.4, -0.2) is 38.7 Å². The number of nitrogens with one attached hydrogen (secondary N) is 1. The van der Waals surface area contributed by atoms with Crippen molar-refractivity contribution in [2.24, 2.45) is 0 Å². The molecule has 7 nitrogen and oxygen atoms in total. The van der Waals surface area contributed by atoms with E-state index in [1.54, 1.807) is 12.1 Å². The van der Waals surface area contributed by atoms with Gasteiger partial charge in [0, 0.05) is 10.5 Å². The van der Waals surface area contributed by atoms with Gasteiger partial charge < -0.3 is 9.84 Å². The molecule has 0 fully saturated rings. The molecule has 2 rings (SSSR count). The van der Waals surface area contributed by atoms with Crippen LogP contribution in [0.5, 0.6) is 5.75 Å². The summed E-state index contributed by atoms with van der Waals surface area (Å²) in [5.41, 5.74) is 0.0367. The third-order valence-electron chi connectivity index (χ3n) is 2.43. The van der Waals surface area contributed by atoms with E-state index < -0.39 is 11.7 Å². The van der Waals surface area contributed by atoms with Crippen molar-refractivity contribution >= 4 is 49.6 Å². The first-order valence-corrected chi connectivity index (χ1v) is 8.06. The van der Waals surface area contributed by atoms with E-state index in [0.29, 0.717) is 15.9 Å². The lowest BCUT2D eigenvalue weighted by atomic mass is 10.3. The summed E-state index contributed by atoms with van der Waals surface area (Å²) in [6.45, 7) is 0. The van der Waals surface area contributed by atoms with Gasteiger partial charge in [-0.2, -0.15) is 0 Å². The van der Waals surface area contributed by atoms with Gasteiger partial charge in [-0.05, 0) is 37.9 Å². The van der Waals surface area contributed by atoms with Crippen molar-refractivity contribution in [3.05, 3.63) is 31.6 Å². The van der Waals surface area contributed by atoms with Crippen LogP contribution in [-0.2, 0) is 4.79 Å². The van der Waals surface area contributed by atoms with E-state index in [1.807, 2.05) is 0 Å². The Morgan fingerprint density at radius 2 is 2.19 bits per heavy atom. The molecule has 2 aromatic rings. The summed E-state index contributed by atoms with van der Waals surface area (Å²) in [4.78, 5) is 22.6. The van der Waals surface area contributed by atoms with Gasteiger partial charge in [0.2, 0.25) is 0 Å². The number of methoxy groups -OCH3 is 1. The average Bonchev–Trinajstić information content (AvgIpc) is 2.78. The number of aliphatic carboxylic acids is 1. The number of thioether (sulfide) groups is 1. The fourth-order valence-corrected chi connectivity index (χ4v) is 3.57. The lowest BCUT2D eigenvalue weighted by Crippen LogP contribution is -2.16. The molecule has 0 atom stereocenters. The van der Waals surface area contributed by atoms with Crippen molar-refractivity contribution in [3.63, 3.8) is 0 Å². The fraction of sp³-hybridized carbons (Fsp3) is 0.182. The molecule has 0 aliphatic rings. The number of nitrogens with zero attached hydrogens (tertiary/aromatic N) is 2. The molecule has 0 amide bonds. The van der Waals surface area contributed by atoms with Gasteiger partial charge in [-0.25, -0.2) is 14.5 Å². The number of H-pyrrole nitrogens is 1. The lowest BCUT2D eigenvalue weighted by Gasteiger charge is -2.11. The number of carboxylic acids is 1. The van der Waals surface area contributed by atoms with E-state index in [4.69, 9.17) is 9.84 Å². The summed E-state index contributed by atoms with van der Waals surface area (Å²) in [7, 11) is 1.51. The van der Waals surface area contributed by atoms with Gasteiger partial charge in [-0.3, -0.25) is 4.79 Å². The molecule has 2 N–H and O–H groups in total. The zero-order valence-electron chi connectivity index (χ0n) is 10.6. The number of carboxylic acid groups (broad SMARTS) is 1. The Hall–Kier alpha value is -1.26. The van der Waals surface area contributed by atoms with Crippen LogP contribution >= 0.6 is 43.6 Å². The molecule has 0 spiro atoms. The minimum Gasteiger partial charge on any atom is -0.495 e. The van der Waals surface area contributed by atoms with Gasteiger partial charge in [-0.15, -0.1) is 5.10 Å². The van der Waals surface area contributed by atoms with Gasteiger partial charge in [-0.1, -0.05) is 11.8 Å². The molecule has 0 aliphatic heterocycles. The molecular weight excluding hydrogens is 430 g/mol. The van der Waals surface area contributed by atoms with Gasteiger partial charge >= 0.3 is 11.7 Å². The molecule has 0 radical (unpaired) electrons. The van der Waals surface area contributed by atoms with E-state index in [2.05, 4.69) is 42.1 Å². The Bertz CT molecular complexity index is 744. The monoisotopic (exact) mass is 437 g/mol. The first-order valence-electron chi connectivity index (χ1n) is 5.49. The summed E-state index contributed by atoms with van der Waals surface area (Å²) in [6.07, 6.45) is 0. The Balaban J connectivity index is 2.54. The van der Waals surface area contributed by atoms with Crippen molar-refractivity contribution in [1.82, 2.24) is 14.8 Å². The maximum Gasteiger partial charge on any atom is 0.348 e. The molecule has 112 valence electrons. The van der Waals surface area contributed by atoms with E-state index in [1.165, 1.54) is 11.7 Å². The van der Waals surface area contributed by atoms with Crippen LogP contribution in [0.1, 0.15) is 0 Å². The van der Waals surface area contributed by atoms with Crippen molar-refractivity contribution in [2.75, 3.05) is 12.9 Å². The molecule has 1 aromatic carbocycles. The zero-order valence-corrected chi connectivity index (χ0v) is 14.6. The van der Waals surface area contributed by atoms with Gasteiger partial charge in [0.1, 0.15) is 5.75 Å². The molecule has 0 unspecified atom stereocenters. The maximum absolute atomic E-state index is 11.9. The van der Waals surface area contributed by atoms with Crippen molar-refractivity contribution < 1.29 is 14.6 Å². The second kappa shape index (κ2) is 6.67. The molecule has 21 heavy (non-hydrogen) atoms. The van der Waals surface area contributed by atoms with Crippen molar-refractivity contribution in [1.29, 1.82) is 0 Å². The number of hydrogen-bond acceptors (Lipinski definition) is 5. The molecule has 1 heterocycles. The van der Waals surface area contributed by atoms with Gasteiger partial charge in [0.05, 0.1) is 23.0 Å². The van der Waals surface area contributed by atoms with Crippen LogP contribution < -0.4 is 10.4 Å². The van der Waals surface area contributed by atoms with Crippen LogP contribution in [0.25, 0.3) is 5.69 Å². The van der Waals surface area contributed by atoms with Gasteiger partial charge in [0.15, 0.2) is 5.16 Å². The summed E-state index contributed by atoms with van der Waals surface area (Å²) in [6, 6.07) is 3.38. The molecular formula is C11H9Br2N3O4S. The SMILES string of the molecule is COc1cc(-n2c(SCC(=O)O)n[nH]c2=O)c(Br)cc1Br.